The number of nitrogens with zero attached hydrogens (tertiary/aromatic N) is 4. The van der Waals surface area contributed by atoms with Crippen LogP contribution < -0.4 is 5.73 Å². The number of benzene rings is 3. The molecular weight excluding hydrogens is 478 g/mol. The van der Waals surface area contributed by atoms with E-state index in [-0.39, 0.29) is 30.2 Å². The Hall–Kier alpha value is -4.46. The summed E-state index contributed by atoms with van der Waals surface area (Å²) in [7, 11) is 0. The van der Waals surface area contributed by atoms with Gasteiger partial charge in [-0.1, -0.05) is 66.7 Å². The molecule has 2 aliphatic rings. The molecule has 2 heterocycles. The van der Waals surface area contributed by atoms with Gasteiger partial charge in [-0.25, -0.2) is 4.99 Å². The normalized spacial score (nSPS) is 16.9. The van der Waals surface area contributed by atoms with Gasteiger partial charge in [0, 0.05) is 38.7 Å². The summed E-state index contributed by atoms with van der Waals surface area (Å²) in [6.45, 7) is 5.69. The van der Waals surface area contributed by atoms with Gasteiger partial charge in [0.25, 0.3) is 11.8 Å². The minimum Gasteiger partial charge on any atom is -0.369 e. The molecule has 1 saturated heterocycles. The lowest BCUT2D eigenvalue weighted by molar-refractivity contribution is -0.131. The number of nitrogens with two attached hydrogens (primary N) is 1. The molecule has 0 spiro atoms. The predicted molar refractivity (Wildman–Crippen MR) is 145 cm³/mol. The van der Waals surface area contributed by atoms with E-state index in [4.69, 9.17) is 10.7 Å². The number of aryl methyl sites for hydroxylation is 1. The highest BCUT2D eigenvalue weighted by Gasteiger charge is 2.50. The zero-order valence-corrected chi connectivity index (χ0v) is 21.6. The fourth-order valence-corrected chi connectivity index (χ4v) is 5.30. The van der Waals surface area contributed by atoms with Crippen molar-refractivity contribution in [2.45, 2.75) is 25.9 Å². The van der Waals surface area contributed by atoms with Crippen LogP contribution in [0.5, 0.6) is 0 Å². The van der Waals surface area contributed by atoms with E-state index in [2.05, 4.69) is 0 Å². The van der Waals surface area contributed by atoms with Gasteiger partial charge in [0.1, 0.15) is 0 Å². The van der Waals surface area contributed by atoms with Crippen molar-refractivity contribution in [3.05, 3.63) is 107 Å². The number of rotatable bonds is 5. The minimum absolute atomic E-state index is 0.0200. The van der Waals surface area contributed by atoms with Crippen molar-refractivity contribution >= 4 is 23.7 Å². The van der Waals surface area contributed by atoms with Crippen LogP contribution in [0.25, 0.3) is 0 Å². The predicted octanol–water partition coefficient (Wildman–Crippen LogP) is 2.90. The van der Waals surface area contributed by atoms with E-state index in [1.807, 2.05) is 85.8 Å². The third-order valence-electron chi connectivity index (χ3n) is 7.23. The molecule has 1 fully saturated rings. The third-order valence-corrected chi connectivity index (χ3v) is 7.23. The Bertz CT molecular complexity index is 1360. The van der Waals surface area contributed by atoms with Crippen LogP contribution in [-0.2, 0) is 21.7 Å². The third kappa shape index (κ3) is 4.53. The van der Waals surface area contributed by atoms with Crippen molar-refractivity contribution in [1.82, 2.24) is 14.7 Å². The van der Waals surface area contributed by atoms with Crippen molar-refractivity contribution in [3.63, 3.8) is 0 Å². The van der Waals surface area contributed by atoms with Crippen molar-refractivity contribution in [3.8, 4) is 0 Å². The second-order valence-electron chi connectivity index (χ2n) is 9.81. The molecule has 5 rings (SSSR count). The molecule has 3 aromatic carbocycles. The standard InChI is InChI=1S/C30H31N5O3/c1-21-17-23(19-24(18-21)27(37)34-15-13-33(14-16-34)22(2)36)20-35-28(38)30(32-29(35)31,25-9-5-3-6-10-25)26-11-7-4-8-12-26/h3-12,17-19H,13-16,20H2,1-2H3,(H2,31,32). The van der Waals surface area contributed by atoms with E-state index in [1.54, 1.807) is 16.7 Å². The van der Waals surface area contributed by atoms with Crippen molar-refractivity contribution in [2.75, 3.05) is 26.2 Å². The van der Waals surface area contributed by atoms with Crippen molar-refractivity contribution in [1.29, 1.82) is 0 Å². The maximum atomic E-state index is 14.1. The van der Waals surface area contributed by atoms with E-state index in [0.29, 0.717) is 31.7 Å². The van der Waals surface area contributed by atoms with Crippen LogP contribution in [0.15, 0.2) is 83.9 Å². The summed E-state index contributed by atoms with van der Waals surface area (Å²) in [4.78, 5) is 48.8. The Balaban J connectivity index is 1.42. The molecule has 38 heavy (non-hydrogen) atoms. The van der Waals surface area contributed by atoms with Gasteiger partial charge < -0.3 is 15.5 Å². The Kier molecular flexibility index (Phi) is 6.72. The molecule has 8 heteroatoms. The second-order valence-corrected chi connectivity index (χ2v) is 9.81. The molecule has 0 saturated carbocycles. The number of aliphatic imine (C=N–C) groups is 1. The van der Waals surface area contributed by atoms with Gasteiger partial charge in [-0.2, -0.15) is 0 Å². The Morgan fingerprint density at radius 3 is 1.97 bits per heavy atom. The average molecular weight is 510 g/mol. The monoisotopic (exact) mass is 509 g/mol. The lowest BCUT2D eigenvalue weighted by Gasteiger charge is -2.34. The van der Waals surface area contributed by atoms with Crippen LogP contribution in [0, 0.1) is 6.92 Å². The lowest BCUT2D eigenvalue weighted by Crippen LogP contribution is -2.50. The molecule has 0 unspecified atom stereocenters. The maximum Gasteiger partial charge on any atom is 0.266 e. The largest absolute Gasteiger partial charge is 0.369 e. The van der Waals surface area contributed by atoms with E-state index in [9.17, 15) is 14.4 Å². The van der Waals surface area contributed by atoms with Crippen LogP contribution in [0.2, 0.25) is 0 Å². The van der Waals surface area contributed by atoms with Gasteiger partial charge in [-0.15, -0.1) is 0 Å². The molecule has 0 aliphatic carbocycles. The summed E-state index contributed by atoms with van der Waals surface area (Å²) < 4.78 is 0. The zero-order valence-electron chi connectivity index (χ0n) is 21.6. The molecule has 2 N–H and O–H groups in total. The van der Waals surface area contributed by atoms with Crippen molar-refractivity contribution in [2.24, 2.45) is 10.7 Å². The van der Waals surface area contributed by atoms with Gasteiger partial charge in [0.15, 0.2) is 11.5 Å². The SMILES string of the molecule is CC(=O)N1CCN(C(=O)c2cc(C)cc(CN3C(=O)C(c4ccccc4)(c4ccccc4)N=C3N)c2)CC1. The highest BCUT2D eigenvalue weighted by atomic mass is 16.2. The molecule has 0 radical (unpaired) electrons. The quantitative estimate of drug-likeness (QED) is 0.572. The summed E-state index contributed by atoms with van der Waals surface area (Å²) in [6, 6.07) is 24.5. The molecule has 0 aromatic heterocycles. The number of piperazine rings is 1. The molecule has 194 valence electrons. The first-order valence-corrected chi connectivity index (χ1v) is 12.7. The summed E-state index contributed by atoms with van der Waals surface area (Å²) >= 11 is 0. The van der Waals surface area contributed by atoms with Crippen LogP contribution in [0.4, 0.5) is 0 Å². The molecule has 2 aliphatic heterocycles. The summed E-state index contributed by atoms with van der Waals surface area (Å²) in [6.07, 6.45) is 0. The molecular formula is C30H31N5O3. The van der Waals surface area contributed by atoms with Crippen LogP contribution in [0.1, 0.15) is 39.5 Å². The highest BCUT2D eigenvalue weighted by molar-refractivity contribution is 6.09. The lowest BCUT2D eigenvalue weighted by atomic mass is 9.83. The number of hydrogen-bond acceptors (Lipinski definition) is 5. The number of carbonyl (C=O) groups excluding carboxylic acids is 3. The maximum absolute atomic E-state index is 14.1. The number of guanidine groups is 1. The van der Waals surface area contributed by atoms with E-state index >= 15 is 0 Å². The molecule has 0 atom stereocenters. The fourth-order valence-electron chi connectivity index (χ4n) is 5.30. The van der Waals surface area contributed by atoms with Crippen LogP contribution >= 0.6 is 0 Å². The van der Waals surface area contributed by atoms with Gasteiger partial charge in [0.2, 0.25) is 5.91 Å². The molecule has 0 bridgehead atoms. The van der Waals surface area contributed by atoms with Gasteiger partial charge in [0.05, 0.1) is 6.54 Å². The first-order valence-electron chi connectivity index (χ1n) is 12.7. The second kappa shape index (κ2) is 10.1. The molecule has 3 aromatic rings. The van der Waals surface area contributed by atoms with E-state index in [1.165, 1.54) is 4.90 Å². The van der Waals surface area contributed by atoms with E-state index < -0.39 is 5.54 Å². The molecule has 3 amide bonds. The van der Waals surface area contributed by atoms with E-state index in [0.717, 1.165) is 22.3 Å². The summed E-state index contributed by atoms with van der Waals surface area (Å²) in [5, 5.41) is 0. The van der Waals surface area contributed by atoms with Crippen molar-refractivity contribution < 1.29 is 14.4 Å². The topological polar surface area (TPSA) is 99.3 Å². The smallest absolute Gasteiger partial charge is 0.266 e. The number of hydrogen-bond donors (Lipinski definition) is 1. The Morgan fingerprint density at radius 1 is 0.868 bits per heavy atom. The van der Waals surface area contributed by atoms with Crippen LogP contribution in [0.3, 0.4) is 0 Å². The highest BCUT2D eigenvalue weighted by Crippen LogP contribution is 2.40. The summed E-state index contributed by atoms with van der Waals surface area (Å²) in [5.74, 6) is -0.165. The minimum atomic E-state index is -1.27. The number of carbonyl (C=O) groups is 3. The van der Waals surface area contributed by atoms with Gasteiger partial charge >= 0.3 is 0 Å². The number of amides is 3. The van der Waals surface area contributed by atoms with Crippen LogP contribution in [-0.4, -0.2) is 64.6 Å². The van der Waals surface area contributed by atoms with Gasteiger partial charge in [-0.3, -0.25) is 19.3 Å². The molecule has 8 nitrogen and oxygen atoms in total. The Labute approximate surface area is 222 Å². The average Bonchev–Trinajstić information content (AvgIpc) is 3.19. The Morgan fingerprint density at radius 2 is 1.42 bits per heavy atom. The summed E-state index contributed by atoms with van der Waals surface area (Å²) in [5.41, 5.74) is 8.87. The first-order chi connectivity index (χ1) is 18.3. The van der Waals surface area contributed by atoms with Gasteiger partial charge in [-0.05, 0) is 41.3 Å². The first kappa shape index (κ1) is 25.2. The fraction of sp³-hybridized carbons (Fsp3) is 0.267. The zero-order chi connectivity index (χ0) is 26.9.